The Hall–Kier alpha value is -3.53. The highest BCUT2D eigenvalue weighted by atomic mass is 19.4. The highest BCUT2D eigenvalue weighted by Crippen LogP contribution is 2.33. The first-order chi connectivity index (χ1) is 12.8. The van der Waals surface area contributed by atoms with Gasteiger partial charge in [-0.2, -0.15) is 18.4 Å². The molecule has 0 unspecified atom stereocenters. The first-order valence-corrected chi connectivity index (χ1v) is 7.83. The van der Waals surface area contributed by atoms with Gasteiger partial charge in [-0.15, -0.1) is 0 Å². The summed E-state index contributed by atoms with van der Waals surface area (Å²) >= 11 is 0. The molecule has 0 aliphatic carbocycles. The van der Waals surface area contributed by atoms with Crippen molar-refractivity contribution in [3.63, 3.8) is 0 Å². The van der Waals surface area contributed by atoms with Gasteiger partial charge >= 0.3 is 6.18 Å². The van der Waals surface area contributed by atoms with Crippen molar-refractivity contribution in [1.29, 1.82) is 5.26 Å². The highest BCUT2D eigenvalue weighted by Gasteiger charge is 2.30. The monoisotopic (exact) mass is 370 g/mol. The van der Waals surface area contributed by atoms with Crippen LogP contribution in [0, 0.1) is 11.3 Å². The van der Waals surface area contributed by atoms with Gasteiger partial charge in [-0.3, -0.25) is 4.79 Å². The first-order valence-electron chi connectivity index (χ1n) is 7.83. The molecule has 0 atom stereocenters. The predicted octanol–water partition coefficient (Wildman–Crippen LogP) is 4.61. The number of nitriles is 1. The van der Waals surface area contributed by atoms with Crippen molar-refractivity contribution in [2.75, 3.05) is 7.11 Å². The van der Waals surface area contributed by atoms with Gasteiger partial charge in [0, 0.05) is 16.8 Å². The van der Waals surface area contributed by atoms with E-state index < -0.39 is 17.3 Å². The van der Waals surface area contributed by atoms with Crippen LogP contribution in [0.15, 0.2) is 59.4 Å². The number of ether oxygens (including phenoxy) is 1. The van der Waals surface area contributed by atoms with Gasteiger partial charge in [-0.05, 0) is 35.9 Å². The quantitative estimate of drug-likeness (QED) is 0.732. The number of benzene rings is 2. The van der Waals surface area contributed by atoms with Crippen LogP contribution < -0.4 is 10.3 Å². The average molecular weight is 370 g/mol. The smallest absolute Gasteiger partial charge is 0.416 e. The molecule has 0 aliphatic rings. The summed E-state index contributed by atoms with van der Waals surface area (Å²) in [4.78, 5) is 14.9. The lowest BCUT2D eigenvalue weighted by Crippen LogP contribution is -2.13. The van der Waals surface area contributed by atoms with E-state index in [0.717, 1.165) is 12.1 Å². The Labute approximate surface area is 152 Å². The van der Waals surface area contributed by atoms with Gasteiger partial charge < -0.3 is 9.72 Å². The minimum absolute atomic E-state index is 0.130. The number of methoxy groups -OCH3 is 1. The fourth-order valence-electron chi connectivity index (χ4n) is 2.71. The molecule has 27 heavy (non-hydrogen) atoms. The second-order valence-electron chi connectivity index (χ2n) is 5.72. The number of halogens is 3. The maximum Gasteiger partial charge on any atom is 0.416 e. The largest absolute Gasteiger partial charge is 0.497 e. The third kappa shape index (κ3) is 3.70. The van der Waals surface area contributed by atoms with Crippen molar-refractivity contribution in [3.8, 4) is 34.2 Å². The third-order valence-corrected chi connectivity index (χ3v) is 4.03. The molecule has 2 aromatic carbocycles. The summed E-state index contributed by atoms with van der Waals surface area (Å²) in [5.41, 5.74) is -0.547. The summed E-state index contributed by atoms with van der Waals surface area (Å²) in [6, 6.07) is 14.6. The number of hydrogen-bond acceptors (Lipinski definition) is 3. The van der Waals surface area contributed by atoms with Gasteiger partial charge in [0.05, 0.1) is 12.7 Å². The maximum absolute atomic E-state index is 13.0. The Kier molecular flexibility index (Phi) is 4.74. The zero-order valence-electron chi connectivity index (χ0n) is 14.1. The molecule has 0 fully saturated rings. The van der Waals surface area contributed by atoms with Crippen molar-refractivity contribution < 1.29 is 17.9 Å². The van der Waals surface area contributed by atoms with Crippen molar-refractivity contribution >= 4 is 0 Å². The topological polar surface area (TPSA) is 65.9 Å². The van der Waals surface area contributed by atoms with Crippen LogP contribution in [0.4, 0.5) is 13.2 Å². The lowest BCUT2D eigenvalue weighted by atomic mass is 9.97. The number of pyridine rings is 1. The molecule has 0 aliphatic heterocycles. The Morgan fingerprint density at radius 2 is 1.74 bits per heavy atom. The number of aromatic nitrogens is 1. The SMILES string of the molecule is COc1cccc(-c2cc(-c3cccc(C(F)(F)F)c3)c(C#N)c(=O)[nH]2)c1. The molecule has 0 amide bonds. The molecule has 0 spiro atoms. The molecule has 1 heterocycles. The summed E-state index contributed by atoms with van der Waals surface area (Å²) in [6.45, 7) is 0. The second kappa shape index (κ2) is 7.00. The Balaban J connectivity index is 2.23. The highest BCUT2D eigenvalue weighted by molar-refractivity contribution is 5.76. The lowest BCUT2D eigenvalue weighted by Gasteiger charge is -2.11. The minimum Gasteiger partial charge on any atom is -0.497 e. The van der Waals surface area contributed by atoms with Crippen LogP contribution in [0.2, 0.25) is 0 Å². The Morgan fingerprint density at radius 3 is 2.41 bits per heavy atom. The van der Waals surface area contributed by atoms with Gasteiger partial charge in [0.25, 0.3) is 5.56 Å². The fraction of sp³-hybridized carbons (Fsp3) is 0.100. The van der Waals surface area contributed by atoms with E-state index in [9.17, 15) is 23.2 Å². The molecule has 7 heteroatoms. The normalized spacial score (nSPS) is 11.1. The number of alkyl halides is 3. The molecule has 1 N–H and O–H groups in total. The first kappa shape index (κ1) is 18.3. The number of nitrogens with zero attached hydrogens (tertiary/aromatic N) is 1. The summed E-state index contributed by atoms with van der Waals surface area (Å²) in [5.74, 6) is 0.554. The number of hydrogen-bond donors (Lipinski definition) is 1. The van der Waals surface area contributed by atoms with Crippen molar-refractivity contribution in [3.05, 3.63) is 76.1 Å². The molecule has 0 bridgehead atoms. The molecule has 0 radical (unpaired) electrons. The number of H-pyrrole nitrogens is 1. The summed E-state index contributed by atoms with van der Waals surface area (Å²) in [7, 11) is 1.49. The molecule has 0 saturated carbocycles. The number of rotatable bonds is 3. The van der Waals surface area contributed by atoms with Crippen LogP contribution in [0.3, 0.4) is 0 Å². The molecular formula is C20H13F3N2O2. The Morgan fingerprint density at radius 1 is 1.04 bits per heavy atom. The number of nitrogens with one attached hydrogen (secondary N) is 1. The van der Waals surface area contributed by atoms with Crippen molar-refractivity contribution in [1.82, 2.24) is 4.98 Å². The maximum atomic E-state index is 13.0. The summed E-state index contributed by atoms with van der Waals surface area (Å²) < 4.78 is 44.2. The van der Waals surface area contributed by atoms with E-state index in [2.05, 4.69) is 4.98 Å². The molecule has 0 saturated heterocycles. The van der Waals surface area contributed by atoms with Crippen molar-refractivity contribution in [2.24, 2.45) is 0 Å². The van der Waals surface area contributed by atoms with Gasteiger partial charge in [-0.25, -0.2) is 0 Å². The van der Waals surface area contributed by atoms with E-state index >= 15 is 0 Å². The van der Waals surface area contributed by atoms with Crippen molar-refractivity contribution in [2.45, 2.75) is 6.18 Å². The second-order valence-corrected chi connectivity index (χ2v) is 5.72. The van der Waals surface area contributed by atoms with Gasteiger partial charge in [0.2, 0.25) is 0 Å². The zero-order chi connectivity index (χ0) is 19.6. The van der Waals surface area contributed by atoms with E-state index in [-0.39, 0.29) is 16.7 Å². The van der Waals surface area contributed by atoms with Crippen LogP contribution in [0.1, 0.15) is 11.1 Å². The standard InChI is InChI=1S/C20H13F3N2O2/c1-27-15-7-3-5-13(9-15)18-10-16(17(11-24)19(26)25-18)12-4-2-6-14(8-12)20(21,22)23/h2-10H,1H3,(H,25,26). The van der Waals surface area contributed by atoms with E-state index in [4.69, 9.17) is 4.74 Å². The van der Waals surface area contributed by atoms with E-state index in [1.165, 1.54) is 25.3 Å². The predicted molar refractivity (Wildman–Crippen MR) is 94.2 cm³/mol. The Bertz CT molecular complexity index is 1100. The molecule has 3 rings (SSSR count). The van der Waals surface area contributed by atoms with E-state index in [0.29, 0.717) is 17.0 Å². The third-order valence-electron chi connectivity index (χ3n) is 4.03. The molecule has 1 aromatic heterocycles. The van der Waals surface area contributed by atoms with Crippen LogP contribution in [-0.2, 0) is 6.18 Å². The van der Waals surface area contributed by atoms with E-state index in [1.54, 1.807) is 30.3 Å². The molecule has 4 nitrogen and oxygen atoms in total. The fourth-order valence-corrected chi connectivity index (χ4v) is 2.71. The lowest BCUT2D eigenvalue weighted by molar-refractivity contribution is -0.137. The minimum atomic E-state index is -4.53. The average Bonchev–Trinajstić information content (AvgIpc) is 2.67. The summed E-state index contributed by atoms with van der Waals surface area (Å²) in [6.07, 6.45) is -4.53. The molecular weight excluding hydrogens is 357 g/mol. The number of aromatic amines is 1. The summed E-state index contributed by atoms with van der Waals surface area (Å²) in [5, 5.41) is 9.32. The molecule has 136 valence electrons. The van der Waals surface area contributed by atoms with Gasteiger partial charge in [-0.1, -0.05) is 24.3 Å². The van der Waals surface area contributed by atoms with Crippen LogP contribution in [0.25, 0.3) is 22.4 Å². The van der Waals surface area contributed by atoms with Gasteiger partial charge in [0.1, 0.15) is 17.4 Å². The van der Waals surface area contributed by atoms with Gasteiger partial charge in [0.15, 0.2) is 0 Å². The molecule has 3 aromatic rings. The van der Waals surface area contributed by atoms with Crippen LogP contribution in [0.5, 0.6) is 5.75 Å². The van der Waals surface area contributed by atoms with Crippen LogP contribution in [-0.4, -0.2) is 12.1 Å². The van der Waals surface area contributed by atoms with E-state index in [1.807, 2.05) is 0 Å². The van der Waals surface area contributed by atoms with Crippen LogP contribution >= 0.6 is 0 Å². The zero-order valence-corrected chi connectivity index (χ0v) is 14.1.